The van der Waals surface area contributed by atoms with Gasteiger partial charge in [0.2, 0.25) is 5.91 Å². The Kier molecular flexibility index (Phi) is 6.51. The summed E-state index contributed by atoms with van der Waals surface area (Å²) in [5.74, 6) is -0.204. The van der Waals surface area contributed by atoms with Gasteiger partial charge in [0.05, 0.1) is 24.8 Å². The number of benzene rings is 2. The van der Waals surface area contributed by atoms with Crippen molar-refractivity contribution in [2.75, 3.05) is 0 Å². The van der Waals surface area contributed by atoms with Gasteiger partial charge < -0.3 is 20.9 Å². The van der Waals surface area contributed by atoms with Crippen LogP contribution < -0.4 is 16.4 Å². The number of primary amides is 1. The molecule has 0 unspecified atom stereocenters. The van der Waals surface area contributed by atoms with Crippen LogP contribution in [0.4, 0.5) is 4.79 Å². The Bertz CT molecular complexity index is 956. The third-order valence-electron chi connectivity index (χ3n) is 4.55. The molecule has 7 nitrogen and oxygen atoms in total. The standard InChI is InChI=1S/C21H22ClN5O2/c1-14(15-4-8-18(9-5-15)27-11-10-24-13-27)25-20(28)12-19(26-21(23)29)16-2-6-17(22)7-3-16/h2-11,13-14,19H,12H2,1H3,(H,25,28)(H3,23,26,29)/t14-,19+/m0/s1. The second kappa shape index (κ2) is 9.25. The van der Waals surface area contributed by atoms with Crippen LogP contribution in [0.5, 0.6) is 0 Å². The van der Waals surface area contributed by atoms with Crippen molar-refractivity contribution in [3.63, 3.8) is 0 Å². The van der Waals surface area contributed by atoms with Crippen molar-refractivity contribution in [1.82, 2.24) is 20.2 Å². The summed E-state index contributed by atoms with van der Waals surface area (Å²) in [5, 5.41) is 6.14. The molecule has 0 aliphatic heterocycles. The smallest absolute Gasteiger partial charge is 0.312 e. The Morgan fingerprint density at radius 1 is 1.07 bits per heavy atom. The number of nitrogens with one attached hydrogen (secondary N) is 2. The largest absolute Gasteiger partial charge is 0.352 e. The van der Waals surface area contributed by atoms with Gasteiger partial charge in [0.1, 0.15) is 0 Å². The zero-order valence-corrected chi connectivity index (χ0v) is 16.6. The Morgan fingerprint density at radius 2 is 1.72 bits per heavy atom. The summed E-state index contributed by atoms with van der Waals surface area (Å²) in [6.45, 7) is 1.91. The third-order valence-corrected chi connectivity index (χ3v) is 4.80. The number of rotatable bonds is 7. The van der Waals surface area contributed by atoms with Gasteiger partial charge in [0, 0.05) is 23.1 Å². The van der Waals surface area contributed by atoms with Crippen molar-refractivity contribution < 1.29 is 9.59 Å². The predicted octanol–water partition coefficient (Wildman–Crippen LogP) is 3.50. The Morgan fingerprint density at radius 3 is 2.31 bits per heavy atom. The van der Waals surface area contributed by atoms with E-state index in [0.29, 0.717) is 5.02 Å². The zero-order valence-electron chi connectivity index (χ0n) is 15.9. The van der Waals surface area contributed by atoms with Crippen molar-refractivity contribution in [2.24, 2.45) is 5.73 Å². The van der Waals surface area contributed by atoms with Crippen LogP contribution in [0.1, 0.15) is 36.6 Å². The second-order valence-corrected chi connectivity index (χ2v) is 7.10. The predicted molar refractivity (Wildman–Crippen MR) is 112 cm³/mol. The maximum absolute atomic E-state index is 12.6. The fourth-order valence-corrected chi connectivity index (χ4v) is 3.16. The Hall–Kier alpha value is -3.32. The first kappa shape index (κ1) is 20.4. The monoisotopic (exact) mass is 411 g/mol. The molecule has 0 bridgehead atoms. The van der Waals surface area contributed by atoms with Crippen molar-refractivity contribution in [2.45, 2.75) is 25.4 Å². The van der Waals surface area contributed by atoms with Gasteiger partial charge in [0.25, 0.3) is 0 Å². The van der Waals surface area contributed by atoms with Crippen molar-refractivity contribution in [3.8, 4) is 5.69 Å². The number of hydrogen-bond donors (Lipinski definition) is 3. The zero-order chi connectivity index (χ0) is 20.8. The highest BCUT2D eigenvalue weighted by molar-refractivity contribution is 6.30. The molecule has 1 heterocycles. The maximum Gasteiger partial charge on any atom is 0.312 e. The minimum Gasteiger partial charge on any atom is -0.352 e. The highest BCUT2D eigenvalue weighted by atomic mass is 35.5. The third kappa shape index (κ3) is 5.58. The molecule has 1 aromatic heterocycles. The Balaban J connectivity index is 1.64. The second-order valence-electron chi connectivity index (χ2n) is 6.67. The number of nitrogens with two attached hydrogens (primary N) is 1. The molecule has 150 valence electrons. The van der Waals surface area contributed by atoms with E-state index in [1.165, 1.54) is 0 Å². The average molecular weight is 412 g/mol. The summed E-state index contributed by atoms with van der Waals surface area (Å²) >= 11 is 5.91. The molecule has 8 heteroatoms. The van der Waals surface area contributed by atoms with E-state index in [2.05, 4.69) is 15.6 Å². The first-order valence-electron chi connectivity index (χ1n) is 9.11. The molecule has 3 aromatic rings. The molecule has 29 heavy (non-hydrogen) atoms. The molecule has 3 rings (SSSR count). The number of carbonyl (C=O) groups excluding carboxylic acids is 2. The lowest BCUT2D eigenvalue weighted by molar-refractivity contribution is -0.122. The van der Waals surface area contributed by atoms with Crippen LogP contribution in [0.25, 0.3) is 5.69 Å². The fraction of sp³-hybridized carbons (Fsp3) is 0.190. The number of hydrogen-bond acceptors (Lipinski definition) is 3. The number of carbonyl (C=O) groups is 2. The molecule has 2 aromatic carbocycles. The summed E-state index contributed by atoms with van der Waals surface area (Å²) in [6, 6.07) is 13.3. The molecule has 3 amide bonds. The van der Waals surface area contributed by atoms with Crippen LogP contribution in [0.2, 0.25) is 5.02 Å². The van der Waals surface area contributed by atoms with Gasteiger partial charge in [-0.1, -0.05) is 35.9 Å². The highest BCUT2D eigenvalue weighted by Gasteiger charge is 2.19. The molecule has 4 N–H and O–H groups in total. The summed E-state index contributed by atoms with van der Waals surface area (Å²) < 4.78 is 1.90. The van der Waals surface area contributed by atoms with Gasteiger partial charge in [-0.25, -0.2) is 9.78 Å². The van der Waals surface area contributed by atoms with Gasteiger partial charge >= 0.3 is 6.03 Å². The quantitative estimate of drug-likeness (QED) is 0.554. The first-order valence-corrected chi connectivity index (χ1v) is 9.49. The van der Waals surface area contributed by atoms with Crippen LogP contribution in [-0.2, 0) is 4.79 Å². The first-order chi connectivity index (χ1) is 13.9. The van der Waals surface area contributed by atoms with Crippen molar-refractivity contribution in [3.05, 3.63) is 83.4 Å². The number of halogens is 1. The van der Waals surface area contributed by atoms with E-state index in [0.717, 1.165) is 16.8 Å². The van der Waals surface area contributed by atoms with E-state index in [9.17, 15) is 9.59 Å². The number of aromatic nitrogens is 2. The lowest BCUT2D eigenvalue weighted by atomic mass is 10.0. The minimum atomic E-state index is -0.694. The molecule has 0 spiro atoms. The van der Waals surface area contributed by atoms with E-state index in [1.54, 1.807) is 36.8 Å². The number of nitrogens with zero attached hydrogens (tertiary/aromatic N) is 2. The molecular formula is C21H22ClN5O2. The molecular weight excluding hydrogens is 390 g/mol. The molecule has 0 aliphatic carbocycles. The number of imidazole rings is 1. The molecule has 0 fully saturated rings. The SMILES string of the molecule is C[C@H](NC(=O)C[C@@H](NC(N)=O)c1ccc(Cl)cc1)c1ccc(-n2ccnc2)cc1. The molecule has 2 atom stereocenters. The van der Waals surface area contributed by atoms with Crippen LogP contribution in [0.3, 0.4) is 0 Å². The van der Waals surface area contributed by atoms with Gasteiger partial charge in [-0.05, 0) is 42.3 Å². The number of amides is 3. The van der Waals surface area contributed by atoms with E-state index >= 15 is 0 Å². The van der Waals surface area contributed by atoms with Crippen LogP contribution >= 0.6 is 11.6 Å². The van der Waals surface area contributed by atoms with Crippen molar-refractivity contribution in [1.29, 1.82) is 0 Å². The lowest BCUT2D eigenvalue weighted by Crippen LogP contribution is -2.37. The van der Waals surface area contributed by atoms with Gasteiger partial charge in [-0.15, -0.1) is 0 Å². The summed E-state index contributed by atoms with van der Waals surface area (Å²) in [4.78, 5) is 28.0. The molecule has 0 saturated carbocycles. The molecule has 0 radical (unpaired) electrons. The lowest BCUT2D eigenvalue weighted by Gasteiger charge is -2.20. The van der Waals surface area contributed by atoms with Crippen LogP contribution in [0.15, 0.2) is 67.3 Å². The molecule has 0 saturated heterocycles. The summed E-state index contributed by atoms with van der Waals surface area (Å²) in [6.07, 6.45) is 5.36. The number of urea groups is 1. The fourth-order valence-electron chi connectivity index (χ4n) is 3.04. The van der Waals surface area contributed by atoms with Gasteiger partial charge in [-0.3, -0.25) is 4.79 Å². The average Bonchev–Trinajstić information content (AvgIpc) is 3.22. The normalized spacial score (nSPS) is 12.8. The summed E-state index contributed by atoms with van der Waals surface area (Å²) in [5.41, 5.74) is 7.97. The van der Waals surface area contributed by atoms with Crippen molar-refractivity contribution >= 4 is 23.5 Å². The van der Waals surface area contributed by atoms with Gasteiger partial charge in [-0.2, -0.15) is 0 Å². The van der Waals surface area contributed by atoms with Crippen LogP contribution in [0, 0.1) is 0 Å². The minimum absolute atomic E-state index is 0.0576. The highest BCUT2D eigenvalue weighted by Crippen LogP contribution is 2.21. The summed E-state index contributed by atoms with van der Waals surface area (Å²) in [7, 11) is 0. The van der Waals surface area contributed by atoms with E-state index in [4.69, 9.17) is 17.3 Å². The van der Waals surface area contributed by atoms with Gasteiger partial charge in [0.15, 0.2) is 0 Å². The van der Waals surface area contributed by atoms with E-state index in [-0.39, 0.29) is 18.4 Å². The Labute approximate surface area is 173 Å². The van der Waals surface area contributed by atoms with Crippen LogP contribution in [-0.4, -0.2) is 21.5 Å². The topological polar surface area (TPSA) is 102 Å². The van der Waals surface area contributed by atoms with E-state index < -0.39 is 12.1 Å². The van der Waals surface area contributed by atoms with E-state index in [1.807, 2.05) is 42.0 Å². The molecule has 0 aliphatic rings. The maximum atomic E-state index is 12.6.